The highest BCUT2D eigenvalue weighted by Crippen LogP contribution is 2.27. The third-order valence-corrected chi connectivity index (χ3v) is 3.01. The Morgan fingerprint density at radius 1 is 1.47 bits per heavy atom. The minimum Gasteiger partial charge on any atom is -0.258 e. The number of nitrogens with zero attached hydrogens (tertiary/aromatic N) is 5. The van der Waals surface area contributed by atoms with E-state index in [1.165, 1.54) is 23.5 Å². The van der Waals surface area contributed by atoms with Gasteiger partial charge in [-0.05, 0) is 16.5 Å². The Hall–Kier alpha value is -2.09. The summed E-state index contributed by atoms with van der Waals surface area (Å²) in [6.45, 7) is 0. The van der Waals surface area contributed by atoms with Crippen LogP contribution in [-0.2, 0) is 0 Å². The molecule has 0 saturated heterocycles. The first-order chi connectivity index (χ1) is 7.25. The van der Waals surface area contributed by atoms with Crippen molar-refractivity contribution in [2.75, 3.05) is 0 Å². The van der Waals surface area contributed by atoms with Crippen molar-refractivity contribution in [3.05, 3.63) is 28.3 Å². The fraction of sp³-hybridized carbons (Fsp3) is 0. The summed E-state index contributed by atoms with van der Waals surface area (Å²) < 4.78 is 2.34. The van der Waals surface area contributed by atoms with Gasteiger partial charge in [0.1, 0.15) is 0 Å². The van der Waals surface area contributed by atoms with E-state index in [1.54, 1.807) is 10.6 Å². The smallest absolute Gasteiger partial charge is 0.258 e. The van der Waals surface area contributed by atoms with Gasteiger partial charge >= 0.3 is 0 Å². The molecule has 74 valence electrons. The van der Waals surface area contributed by atoms with Crippen molar-refractivity contribution in [1.82, 2.24) is 20.0 Å². The number of benzene rings is 1. The number of nitro benzene ring substituents is 1. The second-order valence-corrected chi connectivity index (χ2v) is 3.89. The van der Waals surface area contributed by atoms with Crippen LogP contribution in [0.25, 0.3) is 15.2 Å². The Bertz CT molecular complexity index is 672. The highest BCUT2D eigenvalue weighted by Gasteiger charge is 2.11. The molecule has 1 aromatic carbocycles. The second kappa shape index (κ2) is 2.70. The summed E-state index contributed by atoms with van der Waals surface area (Å²) in [5.74, 6) is 0. The molecule has 15 heavy (non-hydrogen) atoms. The minimum absolute atomic E-state index is 0.0694. The van der Waals surface area contributed by atoms with E-state index in [0.717, 1.165) is 10.2 Å². The van der Waals surface area contributed by atoms with E-state index >= 15 is 0 Å². The van der Waals surface area contributed by atoms with Gasteiger partial charge in [-0.2, -0.15) is 4.52 Å². The van der Waals surface area contributed by atoms with Crippen LogP contribution in [0.1, 0.15) is 0 Å². The van der Waals surface area contributed by atoms with E-state index in [0.29, 0.717) is 4.96 Å². The van der Waals surface area contributed by atoms with Crippen LogP contribution in [0.5, 0.6) is 0 Å². The Kier molecular flexibility index (Phi) is 1.48. The van der Waals surface area contributed by atoms with Crippen LogP contribution < -0.4 is 0 Å². The van der Waals surface area contributed by atoms with Crippen LogP contribution >= 0.6 is 11.3 Å². The molecular formula is C7H3N5O2S. The number of nitro groups is 1. The summed E-state index contributed by atoms with van der Waals surface area (Å²) in [6.07, 6.45) is 0. The molecule has 0 unspecified atom stereocenters. The molecule has 0 spiro atoms. The highest BCUT2D eigenvalue weighted by molar-refractivity contribution is 7.23. The van der Waals surface area contributed by atoms with Gasteiger partial charge in [-0.15, -0.1) is 0 Å². The van der Waals surface area contributed by atoms with Crippen molar-refractivity contribution in [1.29, 1.82) is 0 Å². The first-order valence-electron chi connectivity index (χ1n) is 4.01. The maximum absolute atomic E-state index is 10.6. The molecule has 0 atom stereocenters. The van der Waals surface area contributed by atoms with E-state index in [1.807, 2.05) is 0 Å². The predicted molar refractivity (Wildman–Crippen MR) is 52.8 cm³/mol. The van der Waals surface area contributed by atoms with Gasteiger partial charge in [-0.1, -0.05) is 16.4 Å². The topological polar surface area (TPSA) is 86.2 Å². The molecule has 0 aliphatic rings. The lowest BCUT2D eigenvalue weighted by Crippen LogP contribution is -1.88. The zero-order valence-corrected chi connectivity index (χ0v) is 8.01. The number of hydrogen-bond donors (Lipinski definition) is 0. The summed E-state index contributed by atoms with van der Waals surface area (Å²) in [6, 6.07) is 4.60. The standard InChI is InChI=1S/C7H3N5O2S/c13-12(14)4-1-2-5-6(3-4)15-7-8-9-10-11(5)7/h1-3H. The molecule has 3 rings (SSSR count). The number of non-ortho nitro benzene ring substituents is 1. The average Bonchev–Trinajstić information content (AvgIpc) is 2.75. The van der Waals surface area contributed by atoms with Crippen LogP contribution in [-0.4, -0.2) is 25.0 Å². The summed E-state index contributed by atoms with van der Waals surface area (Å²) in [4.78, 5) is 10.8. The van der Waals surface area contributed by atoms with Gasteiger partial charge in [0.2, 0.25) is 4.96 Å². The summed E-state index contributed by atoms with van der Waals surface area (Å²) in [7, 11) is 0. The molecule has 0 fully saturated rings. The number of tetrazole rings is 1. The zero-order chi connectivity index (χ0) is 10.4. The summed E-state index contributed by atoms with van der Waals surface area (Å²) in [5, 5.41) is 21.6. The van der Waals surface area contributed by atoms with Crippen molar-refractivity contribution >= 4 is 32.2 Å². The fourth-order valence-electron chi connectivity index (χ4n) is 1.37. The number of thiazole rings is 1. The van der Waals surface area contributed by atoms with Crippen LogP contribution in [0.15, 0.2) is 18.2 Å². The Morgan fingerprint density at radius 3 is 3.13 bits per heavy atom. The van der Waals surface area contributed by atoms with Crippen molar-refractivity contribution in [2.24, 2.45) is 0 Å². The van der Waals surface area contributed by atoms with Crippen LogP contribution in [0, 0.1) is 10.1 Å². The zero-order valence-electron chi connectivity index (χ0n) is 7.19. The van der Waals surface area contributed by atoms with Crippen LogP contribution in [0.4, 0.5) is 5.69 Å². The van der Waals surface area contributed by atoms with E-state index in [2.05, 4.69) is 15.5 Å². The Labute approximate surface area is 86.1 Å². The number of rotatable bonds is 1. The van der Waals surface area contributed by atoms with Gasteiger partial charge in [-0.3, -0.25) is 10.1 Å². The monoisotopic (exact) mass is 221 g/mol. The molecule has 0 amide bonds. The van der Waals surface area contributed by atoms with Gasteiger partial charge in [0, 0.05) is 12.1 Å². The van der Waals surface area contributed by atoms with E-state index < -0.39 is 4.92 Å². The van der Waals surface area contributed by atoms with Gasteiger partial charge < -0.3 is 0 Å². The number of aromatic nitrogens is 4. The maximum Gasteiger partial charge on any atom is 0.270 e. The molecule has 0 aliphatic carbocycles. The molecule has 3 aromatic rings. The van der Waals surface area contributed by atoms with Crippen molar-refractivity contribution in [2.45, 2.75) is 0 Å². The molecule has 0 saturated carbocycles. The molecule has 2 aromatic heterocycles. The number of fused-ring (bicyclic) bond motifs is 3. The predicted octanol–water partition coefficient (Wildman–Crippen LogP) is 1.25. The largest absolute Gasteiger partial charge is 0.270 e. The molecule has 7 nitrogen and oxygen atoms in total. The molecular weight excluding hydrogens is 218 g/mol. The van der Waals surface area contributed by atoms with Gasteiger partial charge in [0.15, 0.2) is 0 Å². The van der Waals surface area contributed by atoms with E-state index in [9.17, 15) is 10.1 Å². The lowest BCUT2D eigenvalue weighted by molar-refractivity contribution is -0.384. The quantitative estimate of drug-likeness (QED) is 0.456. The lowest BCUT2D eigenvalue weighted by Gasteiger charge is -1.90. The molecule has 8 heteroatoms. The van der Waals surface area contributed by atoms with Crippen molar-refractivity contribution in [3.8, 4) is 0 Å². The minimum atomic E-state index is -0.423. The second-order valence-electron chi connectivity index (χ2n) is 2.88. The molecule has 0 aliphatic heterocycles. The SMILES string of the molecule is O=[N+]([O-])c1ccc2c(c1)sc1nnnn12. The van der Waals surface area contributed by atoms with Crippen LogP contribution in [0.3, 0.4) is 0 Å². The van der Waals surface area contributed by atoms with Crippen molar-refractivity contribution < 1.29 is 4.92 Å². The Balaban J connectivity index is 2.40. The first-order valence-corrected chi connectivity index (χ1v) is 4.82. The number of hydrogen-bond acceptors (Lipinski definition) is 6. The van der Waals surface area contributed by atoms with Gasteiger partial charge in [0.25, 0.3) is 5.69 Å². The van der Waals surface area contributed by atoms with Gasteiger partial charge in [0.05, 0.1) is 15.1 Å². The molecule has 0 radical (unpaired) electrons. The highest BCUT2D eigenvalue weighted by atomic mass is 32.1. The third-order valence-electron chi connectivity index (χ3n) is 2.02. The fourth-order valence-corrected chi connectivity index (χ4v) is 2.30. The molecule has 0 N–H and O–H groups in total. The third kappa shape index (κ3) is 1.08. The van der Waals surface area contributed by atoms with Gasteiger partial charge in [-0.25, -0.2) is 0 Å². The van der Waals surface area contributed by atoms with E-state index in [4.69, 9.17) is 0 Å². The first kappa shape index (κ1) is 8.24. The lowest BCUT2D eigenvalue weighted by atomic mass is 10.3. The summed E-state index contributed by atoms with van der Waals surface area (Å²) >= 11 is 1.32. The summed E-state index contributed by atoms with van der Waals surface area (Å²) in [5.41, 5.74) is 0.852. The average molecular weight is 221 g/mol. The van der Waals surface area contributed by atoms with Crippen LogP contribution in [0.2, 0.25) is 0 Å². The molecule has 0 bridgehead atoms. The molecule has 2 heterocycles. The van der Waals surface area contributed by atoms with Crippen molar-refractivity contribution in [3.63, 3.8) is 0 Å². The maximum atomic E-state index is 10.6. The normalized spacial score (nSPS) is 11.2. The Morgan fingerprint density at radius 2 is 2.33 bits per heavy atom. The van der Waals surface area contributed by atoms with E-state index in [-0.39, 0.29) is 5.69 Å².